The van der Waals surface area contributed by atoms with Gasteiger partial charge in [0.1, 0.15) is 12.1 Å². The fourth-order valence-corrected chi connectivity index (χ4v) is 2.43. The molecule has 0 saturated carbocycles. The van der Waals surface area contributed by atoms with Crippen LogP contribution in [-0.4, -0.2) is 106 Å². The summed E-state index contributed by atoms with van der Waals surface area (Å²) in [4.78, 5) is 49.3. The van der Waals surface area contributed by atoms with Crippen molar-refractivity contribution in [2.45, 2.75) is 51.9 Å². The molecule has 0 radical (unpaired) electrons. The molecule has 0 aliphatic carbocycles. The molecule has 174 valence electrons. The quantitative estimate of drug-likeness (QED) is 0.154. The van der Waals surface area contributed by atoms with Crippen LogP contribution in [0.2, 0.25) is 0 Å². The Hall–Kier alpha value is -2.28. The lowest BCUT2D eigenvalue weighted by Gasteiger charge is -2.35. The molecule has 0 fully saturated rings. The van der Waals surface area contributed by atoms with Crippen LogP contribution in [0, 0.1) is 5.92 Å². The van der Waals surface area contributed by atoms with Crippen LogP contribution in [0.1, 0.15) is 27.7 Å². The molecule has 0 aromatic carbocycles. The van der Waals surface area contributed by atoms with Gasteiger partial charge in [-0.15, -0.1) is 0 Å². The van der Waals surface area contributed by atoms with Gasteiger partial charge in [0.05, 0.1) is 45.1 Å². The third-order valence-corrected chi connectivity index (χ3v) is 4.36. The number of rotatable bonds is 13. The number of amides is 4. The van der Waals surface area contributed by atoms with Gasteiger partial charge in [0.2, 0.25) is 23.6 Å². The Morgan fingerprint density at radius 2 is 1.10 bits per heavy atom. The molecule has 12 heteroatoms. The maximum atomic E-state index is 12.4. The molecule has 12 nitrogen and oxygen atoms in total. The zero-order chi connectivity index (χ0) is 23.4. The maximum Gasteiger partial charge on any atom is 0.242 e. The van der Waals surface area contributed by atoms with Crippen molar-refractivity contribution in [2.24, 2.45) is 5.92 Å². The van der Waals surface area contributed by atoms with Crippen LogP contribution < -0.4 is 16.0 Å². The third-order valence-electron chi connectivity index (χ3n) is 4.36. The molecule has 4 amide bonds. The number of carbonyl (C=O) groups excluding carboxylic acids is 4. The average molecular weight is 434 g/mol. The average Bonchev–Trinajstić information content (AvgIpc) is 2.71. The summed E-state index contributed by atoms with van der Waals surface area (Å²) in [6, 6.07) is -4.02. The van der Waals surface area contributed by atoms with Gasteiger partial charge in [0.25, 0.3) is 0 Å². The Morgan fingerprint density at radius 1 is 0.700 bits per heavy atom. The molecule has 30 heavy (non-hydrogen) atoms. The Bertz CT molecular complexity index is 567. The summed E-state index contributed by atoms with van der Waals surface area (Å²) in [7, 11) is 0. The zero-order valence-corrected chi connectivity index (χ0v) is 17.8. The van der Waals surface area contributed by atoms with E-state index in [1.165, 1.54) is 13.8 Å². The van der Waals surface area contributed by atoms with Crippen molar-refractivity contribution < 1.29 is 39.6 Å². The van der Waals surface area contributed by atoms with Crippen molar-refractivity contribution in [3.8, 4) is 0 Å². The van der Waals surface area contributed by atoms with E-state index in [9.17, 15) is 39.6 Å². The van der Waals surface area contributed by atoms with E-state index in [0.717, 1.165) is 4.90 Å². The number of aliphatic hydroxyl groups is 4. The molecule has 2 atom stereocenters. The largest absolute Gasteiger partial charge is 0.394 e. The highest BCUT2D eigenvalue weighted by Crippen LogP contribution is 2.06. The fourth-order valence-electron chi connectivity index (χ4n) is 2.43. The van der Waals surface area contributed by atoms with Crippen LogP contribution in [0.4, 0.5) is 0 Å². The first-order valence-corrected chi connectivity index (χ1v) is 9.66. The lowest BCUT2D eigenvalue weighted by atomic mass is 10.1. The van der Waals surface area contributed by atoms with Crippen LogP contribution in [0.25, 0.3) is 0 Å². The lowest BCUT2D eigenvalue weighted by Crippen LogP contribution is -2.57. The number of carbonyl (C=O) groups is 4. The molecular weight excluding hydrogens is 400 g/mol. The minimum Gasteiger partial charge on any atom is -0.394 e. The van der Waals surface area contributed by atoms with Crippen LogP contribution in [0.3, 0.4) is 0 Å². The topological polar surface area (TPSA) is 189 Å². The smallest absolute Gasteiger partial charge is 0.242 e. The highest BCUT2D eigenvalue weighted by molar-refractivity contribution is 5.93. The summed E-state index contributed by atoms with van der Waals surface area (Å²) in [5.41, 5.74) is 0. The number of nitrogens with zero attached hydrogens (tertiary/aromatic N) is 1. The van der Waals surface area contributed by atoms with Gasteiger partial charge in [-0.2, -0.15) is 0 Å². The highest BCUT2D eigenvalue weighted by atomic mass is 16.3. The Kier molecular flexibility index (Phi) is 12.8. The normalized spacial score (nSPS) is 13.2. The van der Waals surface area contributed by atoms with E-state index in [2.05, 4.69) is 16.0 Å². The highest BCUT2D eigenvalue weighted by Gasteiger charge is 2.30. The van der Waals surface area contributed by atoms with E-state index in [4.69, 9.17) is 0 Å². The number of aliphatic hydroxyl groups excluding tert-OH is 4. The molecule has 0 aliphatic rings. The number of hydrogen-bond donors (Lipinski definition) is 7. The van der Waals surface area contributed by atoms with Crippen molar-refractivity contribution in [3.63, 3.8) is 0 Å². The van der Waals surface area contributed by atoms with Gasteiger partial charge < -0.3 is 41.3 Å². The second-order valence-corrected chi connectivity index (χ2v) is 7.17. The minimum absolute atomic E-state index is 0.307. The predicted molar refractivity (Wildman–Crippen MR) is 106 cm³/mol. The van der Waals surface area contributed by atoms with Crippen molar-refractivity contribution in [1.29, 1.82) is 0 Å². The van der Waals surface area contributed by atoms with Gasteiger partial charge in [-0.3, -0.25) is 19.2 Å². The number of hydrogen-bond acceptors (Lipinski definition) is 8. The molecule has 0 bridgehead atoms. The van der Waals surface area contributed by atoms with E-state index in [-0.39, 0.29) is 11.8 Å². The van der Waals surface area contributed by atoms with Crippen molar-refractivity contribution in [1.82, 2.24) is 20.9 Å². The van der Waals surface area contributed by atoms with E-state index < -0.39 is 74.9 Å². The minimum atomic E-state index is -1.07. The van der Waals surface area contributed by atoms with Crippen LogP contribution in [0.5, 0.6) is 0 Å². The predicted octanol–water partition coefficient (Wildman–Crippen LogP) is -3.70. The number of nitrogens with one attached hydrogen (secondary N) is 3. The maximum absolute atomic E-state index is 12.4. The molecule has 0 aliphatic heterocycles. The molecule has 0 saturated heterocycles. The SMILES string of the molecule is CC(C)C(=O)NC(C)C(=O)NC(C)C(=O)NCC(=O)N(C(CO)CO)C(CO)CO. The molecule has 0 aromatic heterocycles. The van der Waals surface area contributed by atoms with Gasteiger partial charge in [-0.1, -0.05) is 13.8 Å². The van der Waals surface area contributed by atoms with E-state index in [0.29, 0.717) is 0 Å². The molecule has 0 spiro atoms. The first kappa shape index (κ1) is 27.7. The van der Waals surface area contributed by atoms with E-state index >= 15 is 0 Å². The fraction of sp³-hybridized carbons (Fsp3) is 0.778. The van der Waals surface area contributed by atoms with Crippen molar-refractivity contribution >= 4 is 23.6 Å². The van der Waals surface area contributed by atoms with Gasteiger partial charge in [-0.25, -0.2) is 0 Å². The first-order chi connectivity index (χ1) is 14.0. The van der Waals surface area contributed by atoms with Gasteiger partial charge in [-0.05, 0) is 13.8 Å². The molecule has 7 N–H and O–H groups in total. The Morgan fingerprint density at radius 3 is 1.50 bits per heavy atom. The summed E-state index contributed by atoms with van der Waals surface area (Å²) >= 11 is 0. The van der Waals surface area contributed by atoms with Crippen molar-refractivity contribution in [3.05, 3.63) is 0 Å². The van der Waals surface area contributed by atoms with E-state index in [1.54, 1.807) is 13.8 Å². The second-order valence-electron chi connectivity index (χ2n) is 7.17. The van der Waals surface area contributed by atoms with Gasteiger partial charge in [0.15, 0.2) is 0 Å². The molecule has 2 unspecified atom stereocenters. The standard InChI is InChI=1S/C18H34N4O8/c1-10(2)16(28)20-12(4)18(30)21-11(3)17(29)19-5-15(27)22(13(6-23)7-24)14(8-25)9-26/h10-14,23-26H,5-9H2,1-4H3,(H,19,29)(H,20,28)(H,21,30). The van der Waals surface area contributed by atoms with Crippen LogP contribution >= 0.6 is 0 Å². The molecule has 0 aromatic rings. The second kappa shape index (κ2) is 13.9. The summed E-state index contributed by atoms with van der Waals surface area (Å²) in [5.74, 6) is -2.64. The summed E-state index contributed by atoms with van der Waals surface area (Å²) in [5, 5.41) is 44.5. The van der Waals surface area contributed by atoms with Gasteiger partial charge >= 0.3 is 0 Å². The van der Waals surface area contributed by atoms with Crippen molar-refractivity contribution in [2.75, 3.05) is 33.0 Å². The zero-order valence-electron chi connectivity index (χ0n) is 17.8. The summed E-state index contributed by atoms with van der Waals surface area (Å²) < 4.78 is 0. The third kappa shape index (κ3) is 8.61. The molecule has 0 rings (SSSR count). The van der Waals surface area contributed by atoms with Gasteiger partial charge in [0, 0.05) is 5.92 Å². The van der Waals surface area contributed by atoms with E-state index in [1.807, 2.05) is 0 Å². The molecule has 0 heterocycles. The summed E-state index contributed by atoms with van der Waals surface area (Å²) in [6.45, 7) is 3.21. The molecular formula is C18H34N4O8. The summed E-state index contributed by atoms with van der Waals surface area (Å²) in [6.07, 6.45) is 0. The Labute approximate surface area is 175 Å². The first-order valence-electron chi connectivity index (χ1n) is 9.66. The lowest BCUT2D eigenvalue weighted by molar-refractivity contribution is -0.142. The Balaban J connectivity index is 4.85. The van der Waals surface area contributed by atoms with Crippen LogP contribution in [0.15, 0.2) is 0 Å². The van der Waals surface area contributed by atoms with Crippen LogP contribution in [-0.2, 0) is 19.2 Å². The monoisotopic (exact) mass is 434 g/mol.